The fourth-order valence-electron chi connectivity index (χ4n) is 2.04. The molecule has 0 aromatic heterocycles. The first-order valence-corrected chi connectivity index (χ1v) is 7.64. The number of nitro benzene ring substituents is 1. The van der Waals surface area contributed by atoms with Crippen LogP contribution in [0.5, 0.6) is 0 Å². The summed E-state index contributed by atoms with van der Waals surface area (Å²) in [7, 11) is 0. The molecular weight excluding hydrogens is 298 g/mol. The van der Waals surface area contributed by atoms with Crippen LogP contribution in [0.1, 0.15) is 45.7 Å². The number of benzene rings is 1. The third kappa shape index (κ3) is 7.10. The van der Waals surface area contributed by atoms with Gasteiger partial charge in [0.05, 0.1) is 4.92 Å². The molecule has 1 amide bonds. The SMILES string of the molecule is CC(NCCCNC(=O)OC(C)(C)C)c1ccccc1[N+](=O)[O-]. The largest absolute Gasteiger partial charge is 0.444 e. The maximum absolute atomic E-state index is 11.5. The molecule has 1 aromatic rings. The molecule has 1 rings (SSSR count). The molecule has 0 aliphatic rings. The topological polar surface area (TPSA) is 93.5 Å². The van der Waals surface area contributed by atoms with Gasteiger partial charge in [0.1, 0.15) is 5.60 Å². The number of nitrogens with zero attached hydrogens (tertiary/aromatic N) is 1. The lowest BCUT2D eigenvalue weighted by atomic mass is 10.1. The molecular formula is C16H25N3O4. The number of carbonyl (C=O) groups is 1. The van der Waals surface area contributed by atoms with E-state index in [-0.39, 0.29) is 16.7 Å². The molecule has 0 saturated heterocycles. The van der Waals surface area contributed by atoms with Crippen LogP contribution in [0, 0.1) is 10.1 Å². The van der Waals surface area contributed by atoms with E-state index in [1.807, 2.05) is 27.7 Å². The van der Waals surface area contributed by atoms with Crippen molar-refractivity contribution in [2.45, 2.75) is 45.8 Å². The molecule has 0 bridgehead atoms. The van der Waals surface area contributed by atoms with Crippen molar-refractivity contribution in [2.24, 2.45) is 0 Å². The summed E-state index contributed by atoms with van der Waals surface area (Å²) in [6.07, 6.45) is 0.258. The van der Waals surface area contributed by atoms with E-state index in [0.29, 0.717) is 25.1 Å². The van der Waals surface area contributed by atoms with Gasteiger partial charge in [-0.15, -0.1) is 0 Å². The first kappa shape index (κ1) is 18.9. The Morgan fingerprint density at radius 1 is 1.30 bits per heavy atom. The fourth-order valence-corrected chi connectivity index (χ4v) is 2.04. The molecule has 1 aromatic carbocycles. The fraction of sp³-hybridized carbons (Fsp3) is 0.562. The number of hydrogen-bond donors (Lipinski definition) is 2. The first-order valence-electron chi connectivity index (χ1n) is 7.64. The highest BCUT2D eigenvalue weighted by atomic mass is 16.6. The van der Waals surface area contributed by atoms with E-state index in [1.165, 1.54) is 6.07 Å². The number of para-hydroxylation sites is 1. The summed E-state index contributed by atoms with van der Waals surface area (Å²) >= 11 is 0. The number of amides is 1. The average molecular weight is 323 g/mol. The maximum atomic E-state index is 11.5. The van der Waals surface area contributed by atoms with Crippen LogP contribution in [0.25, 0.3) is 0 Å². The Balaban J connectivity index is 2.34. The highest BCUT2D eigenvalue weighted by molar-refractivity contribution is 5.67. The van der Waals surface area contributed by atoms with Gasteiger partial charge in [-0.05, 0) is 40.7 Å². The normalized spacial score (nSPS) is 12.5. The van der Waals surface area contributed by atoms with Crippen LogP contribution in [0.2, 0.25) is 0 Å². The van der Waals surface area contributed by atoms with E-state index < -0.39 is 11.7 Å². The zero-order chi connectivity index (χ0) is 17.5. The zero-order valence-electron chi connectivity index (χ0n) is 14.1. The van der Waals surface area contributed by atoms with Crippen LogP contribution in [0.4, 0.5) is 10.5 Å². The molecule has 0 aliphatic heterocycles. The van der Waals surface area contributed by atoms with E-state index in [1.54, 1.807) is 18.2 Å². The number of nitrogens with one attached hydrogen (secondary N) is 2. The van der Waals surface area contributed by atoms with Gasteiger partial charge in [0.2, 0.25) is 0 Å². The molecule has 0 heterocycles. The monoisotopic (exact) mass is 323 g/mol. The van der Waals surface area contributed by atoms with Crippen molar-refractivity contribution in [3.05, 3.63) is 39.9 Å². The highest BCUT2D eigenvalue weighted by Gasteiger charge is 2.18. The minimum absolute atomic E-state index is 0.111. The molecule has 7 heteroatoms. The van der Waals surface area contributed by atoms with Crippen molar-refractivity contribution >= 4 is 11.8 Å². The van der Waals surface area contributed by atoms with Crippen LogP contribution < -0.4 is 10.6 Å². The lowest BCUT2D eigenvalue weighted by Crippen LogP contribution is -2.34. The third-order valence-electron chi connectivity index (χ3n) is 3.07. The Hall–Kier alpha value is -2.15. The van der Waals surface area contributed by atoms with Crippen molar-refractivity contribution in [2.75, 3.05) is 13.1 Å². The Morgan fingerprint density at radius 2 is 1.96 bits per heavy atom. The van der Waals surface area contributed by atoms with Gasteiger partial charge in [-0.1, -0.05) is 18.2 Å². The van der Waals surface area contributed by atoms with Gasteiger partial charge < -0.3 is 15.4 Å². The minimum Gasteiger partial charge on any atom is -0.444 e. The molecule has 0 radical (unpaired) electrons. The Kier molecular flexibility index (Phi) is 6.96. The van der Waals surface area contributed by atoms with Crippen LogP contribution in [-0.2, 0) is 4.74 Å². The highest BCUT2D eigenvalue weighted by Crippen LogP contribution is 2.24. The van der Waals surface area contributed by atoms with E-state index in [0.717, 1.165) is 0 Å². The smallest absolute Gasteiger partial charge is 0.407 e. The zero-order valence-corrected chi connectivity index (χ0v) is 14.1. The van der Waals surface area contributed by atoms with Gasteiger partial charge in [-0.2, -0.15) is 0 Å². The lowest BCUT2D eigenvalue weighted by molar-refractivity contribution is -0.385. The van der Waals surface area contributed by atoms with Crippen molar-refractivity contribution < 1.29 is 14.5 Å². The van der Waals surface area contributed by atoms with Crippen LogP contribution in [0.3, 0.4) is 0 Å². The van der Waals surface area contributed by atoms with Crippen LogP contribution >= 0.6 is 0 Å². The standard InChI is InChI=1S/C16H25N3O4/c1-12(13-8-5-6-9-14(13)19(21)22)17-10-7-11-18-15(20)23-16(2,3)4/h5-6,8-9,12,17H,7,10-11H2,1-4H3,(H,18,20). The van der Waals surface area contributed by atoms with Gasteiger partial charge in [0.25, 0.3) is 5.69 Å². The quantitative estimate of drug-likeness (QED) is 0.457. The van der Waals surface area contributed by atoms with E-state index in [4.69, 9.17) is 4.74 Å². The summed E-state index contributed by atoms with van der Waals surface area (Å²) in [5.41, 5.74) is 0.250. The van der Waals surface area contributed by atoms with E-state index in [2.05, 4.69) is 10.6 Å². The van der Waals surface area contributed by atoms with Crippen LogP contribution in [0.15, 0.2) is 24.3 Å². The van der Waals surface area contributed by atoms with Gasteiger partial charge in [0.15, 0.2) is 0 Å². The second-order valence-corrected chi connectivity index (χ2v) is 6.27. The number of hydrogen-bond acceptors (Lipinski definition) is 5. The lowest BCUT2D eigenvalue weighted by Gasteiger charge is -2.19. The summed E-state index contributed by atoms with van der Waals surface area (Å²) in [6, 6.07) is 6.54. The minimum atomic E-state index is -0.511. The summed E-state index contributed by atoms with van der Waals surface area (Å²) < 4.78 is 5.13. The molecule has 1 unspecified atom stereocenters. The van der Waals surface area contributed by atoms with E-state index in [9.17, 15) is 14.9 Å². The maximum Gasteiger partial charge on any atom is 0.407 e. The van der Waals surface area contributed by atoms with Crippen LogP contribution in [-0.4, -0.2) is 29.7 Å². The number of ether oxygens (including phenoxy) is 1. The molecule has 0 fully saturated rings. The Morgan fingerprint density at radius 3 is 2.57 bits per heavy atom. The Bertz CT molecular complexity index is 540. The Labute approximate surface area is 136 Å². The van der Waals surface area contributed by atoms with E-state index >= 15 is 0 Å². The van der Waals surface area contributed by atoms with Crippen molar-refractivity contribution in [3.63, 3.8) is 0 Å². The van der Waals surface area contributed by atoms with Gasteiger partial charge in [-0.25, -0.2) is 4.79 Å². The number of rotatable bonds is 7. The predicted octanol–water partition coefficient (Wildman–Crippen LogP) is 3.16. The van der Waals surface area contributed by atoms with Gasteiger partial charge in [0, 0.05) is 24.2 Å². The predicted molar refractivity (Wildman–Crippen MR) is 88.4 cm³/mol. The first-order chi connectivity index (χ1) is 10.7. The summed E-state index contributed by atoms with van der Waals surface area (Å²) in [5.74, 6) is 0. The molecule has 1 atom stereocenters. The average Bonchev–Trinajstić information content (AvgIpc) is 2.44. The van der Waals surface area contributed by atoms with Gasteiger partial charge >= 0.3 is 6.09 Å². The molecule has 7 nitrogen and oxygen atoms in total. The van der Waals surface area contributed by atoms with Crippen molar-refractivity contribution in [1.29, 1.82) is 0 Å². The second kappa shape index (κ2) is 8.47. The molecule has 2 N–H and O–H groups in total. The molecule has 0 aliphatic carbocycles. The molecule has 23 heavy (non-hydrogen) atoms. The number of carbonyl (C=O) groups excluding carboxylic acids is 1. The molecule has 0 spiro atoms. The second-order valence-electron chi connectivity index (χ2n) is 6.27. The molecule has 128 valence electrons. The molecule has 0 saturated carbocycles. The van der Waals surface area contributed by atoms with Gasteiger partial charge in [-0.3, -0.25) is 10.1 Å². The van der Waals surface area contributed by atoms with Crippen molar-refractivity contribution in [1.82, 2.24) is 10.6 Å². The number of alkyl carbamates (subject to hydrolysis) is 1. The summed E-state index contributed by atoms with van der Waals surface area (Å²) in [4.78, 5) is 22.1. The third-order valence-corrected chi connectivity index (χ3v) is 3.07. The van der Waals surface area contributed by atoms with Crippen molar-refractivity contribution in [3.8, 4) is 0 Å². The number of nitro groups is 1. The summed E-state index contributed by atoms with van der Waals surface area (Å²) in [6.45, 7) is 8.41. The summed E-state index contributed by atoms with van der Waals surface area (Å²) in [5, 5.41) is 16.9.